The molecule has 0 aromatic heterocycles. The lowest BCUT2D eigenvalue weighted by Gasteiger charge is -2.42. The molecule has 0 spiro atoms. The topological polar surface area (TPSA) is 79.0 Å². The number of carbonyl (C=O) groups excluding carboxylic acids is 3. The zero-order chi connectivity index (χ0) is 19.4. The number of likely N-dealkylation sites (tertiary alicyclic amines) is 1. The lowest BCUT2D eigenvalue weighted by molar-refractivity contribution is -0.167. The Morgan fingerprint density at radius 1 is 1.19 bits per heavy atom. The van der Waals surface area contributed by atoms with Gasteiger partial charge in [-0.2, -0.15) is 0 Å². The Bertz CT molecular complexity index is 686. The summed E-state index contributed by atoms with van der Waals surface area (Å²) in [6.07, 6.45) is 1.17. The molecule has 3 rings (SSSR count). The van der Waals surface area contributed by atoms with Crippen LogP contribution in [0.4, 0.5) is 0 Å². The molecule has 0 unspecified atom stereocenters. The van der Waals surface area contributed by atoms with Crippen LogP contribution in [0.3, 0.4) is 0 Å². The summed E-state index contributed by atoms with van der Waals surface area (Å²) in [5.74, 6) is -0.588. The fraction of sp³-hybridized carbons (Fsp3) is 0.550. The molecule has 2 atom stereocenters. The molecule has 2 fully saturated rings. The lowest BCUT2D eigenvalue weighted by atomic mass is 9.96. The first-order chi connectivity index (χ1) is 13.0. The molecule has 1 N–H and O–H groups in total. The fourth-order valence-corrected chi connectivity index (χ4v) is 3.78. The second-order valence-electron chi connectivity index (χ2n) is 7.29. The molecule has 7 heteroatoms. The first-order valence-corrected chi connectivity index (χ1v) is 9.52. The van der Waals surface area contributed by atoms with E-state index in [9.17, 15) is 14.4 Å². The van der Waals surface area contributed by atoms with Crippen molar-refractivity contribution in [3.8, 4) is 0 Å². The first kappa shape index (κ1) is 19.4. The standard InChI is InChI=1S/C20H27N3O4/c1-14(2)23-17(25)13-27-19(18(23)15-8-4-3-5-9-15)20(26)21-12-16(24)22-10-6-7-11-22/h3-5,8-9,14,18-19H,6-7,10-13H2,1-2H3,(H,21,26)/t18-,19+/m1/s1. The quantitative estimate of drug-likeness (QED) is 0.838. The highest BCUT2D eigenvalue weighted by atomic mass is 16.5. The van der Waals surface area contributed by atoms with Crippen LogP contribution >= 0.6 is 0 Å². The average molecular weight is 373 g/mol. The van der Waals surface area contributed by atoms with Crippen molar-refractivity contribution >= 4 is 17.7 Å². The van der Waals surface area contributed by atoms with Crippen molar-refractivity contribution in [2.75, 3.05) is 26.2 Å². The van der Waals surface area contributed by atoms with Gasteiger partial charge in [-0.25, -0.2) is 0 Å². The van der Waals surface area contributed by atoms with E-state index in [1.54, 1.807) is 9.80 Å². The van der Waals surface area contributed by atoms with Gasteiger partial charge in [-0.1, -0.05) is 30.3 Å². The van der Waals surface area contributed by atoms with Crippen molar-refractivity contribution in [1.82, 2.24) is 15.1 Å². The summed E-state index contributed by atoms with van der Waals surface area (Å²) in [7, 11) is 0. The zero-order valence-corrected chi connectivity index (χ0v) is 15.9. The number of amides is 3. The van der Waals surface area contributed by atoms with E-state index in [1.165, 1.54) is 0 Å². The van der Waals surface area contributed by atoms with Gasteiger partial charge in [-0.15, -0.1) is 0 Å². The Morgan fingerprint density at radius 2 is 1.85 bits per heavy atom. The maximum atomic E-state index is 12.8. The van der Waals surface area contributed by atoms with Crippen LogP contribution in [-0.2, 0) is 19.1 Å². The van der Waals surface area contributed by atoms with Crippen molar-refractivity contribution in [2.45, 2.75) is 44.9 Å². The Balaban J connectivity index is 1.75. The summed E-state index contributed by atoms with van der Waals surface area (Å²) >= 11 is 0. The minimum Gasteiger partial charge on any atom is -0.356 e. The number of morpholine rings is 1. The molecule has 0 aliphatic carbocycles. The third kappa shape index (κ3) is 4.30. The van der Waals surface area contributed by atoms with Crippen LogP contribution in [0.25, 0.3) is 0 Å². The monoisotopic (exact) mass is 373 g/mol. The first-order valence-electron chi connectivity index (χ1n) is 9.52. The third-order valence-corrected chi connectivity index (χ3v) is 5.09. The summed E-state index contributed by atoms with van der Waals surface area (Å²) in [4.78, 5) is 40.9. The Hall–Kier alpha value is -2.41. The van der Waals surface area contributed by atoms with E-state index in [0.29, 0.717) is 0 Å². The highest BCUT2D eigenvalue weighted by Crippen LogP contribution is 2.32. The molecular weight excluding hydrogens is 346 g/mol. The number of rotatable bonds is 5. The summed E-state index contributed by atoms with van der Waals surface area (Å²) < 4.78 is 5.63. The second-order valence-corrected chi connectivity index (χ2v) is 7.29. The van der Waals surface area contributed by atoms with Crippen LogP contribution < -0.4 is 5.32 Å². The normalized spacial score (nSPS) is 23.0. The van der Waals surface area contributed by atoms with Gasteiger partial charge in [0.05, 0.1) is 12.6 Å². The van der Waals surface area contributed by atoms with Crippen molar-refractivity contribution in [1.29, 1.82) is 0 Å². The number of benzene rings is 1. The smallest absolute Gasteiger partial charge is 0.252 e. The van der Waals surface area contributed by atoms with E-state index in [2.05, 4.69) is 5.32 Å². The molecule has 146 valence electrons. The Morgan fingerprint density at radius 3 is 2.48 bits per heavy atom. The van der Waals surface area contributed by atoms with Gasteiger partial charge in [-0.05, 0) is 32.3 Å². The summed E-state index contributed by atoms with van der Waals surface area (Å²) in [5, 5.41) is 2.71. The van der Waals surface area contributed by atoms with E-state index >= 15 is 0 Å². The highest BCUT2D eigenvalue weighted by Gasteiger charge is 2.42. The Kier molecular flexibility index (Phi) is 6.11. The van der Waals surface area contributed by atoms with Crippen LogP contribution in [0.1, 0.15) is 38.3 Å². The maximum Gasteiger partial charge on any atom is 0.252 e. The lowest BCUT2D eigenvalue weighted by Crippen LogP contribution is -2.57. The molecular formula is C20H27N3O4. The third-order valence-electron chi connectivity index (χ3n) is 5.09. The predicted molar refractivity (Wildman–Crippen MR) is 99.7 cm³/mol. The fourth-order valence-electron chi connectivity index (χ4n) is 3.78. The molecule has 2 saturated heterocycles. The molecule has 7 nitrogen and oxygen atoms in total. The van der Waals surface area contributed by atoms with Gasteiger partial charge in [0.15, 0.2) is 6.10 Å². The van der Waals surface area contributed by atoms with Crippen molar-refractivity contribution in [3.05, 3.63) is 35.9 Å². The molecule has 0 bridgehead atoms. The number of carbonyl (C=O) groups is 3. The van der Waals surface area contributed by atoms with Crippen molar-refractivity contribution in [3.63, 3.8) is 0 Å². The molecule has 0 saturated carbocycles. The average Bonchev–Trinajstić information content (AvgIpc) is 3.20. The summed E-state index contributed by atoms with van der Waals surface area (Å²) in [6.45, 7) is 5.15. The molecule has 2 aliphatic heterocycles. The number of nitrogens with one attached hydrogen (secondary N) is 1. The van der Waals surface area contributed by atoms with Gasteiger partial charge in [0, 0.05) is 19.1 Å². The molecule has 27 heavy (non-hydrogen) atoms. The molecule has 0 radical (unpaired) electrons. The molecule has 1 aromatic carbocycles. The van der Waals surface area contributed by atoms with Gasteiger partial charge < -0.3 is 19.9 Å². The Labute approximate surface area is 159 Å². The van der Waals surface area contributed by atoms with Crippen molar-refractivity contribution in [2.24, 2.45) is 0 Å². The van der Waals surface area contributed by atoms with Crippen molar-refractivity contribution < 1.29 is 19.1 Å². The van der Waals surface area contributed by atoms with E-state index < -0.39 is 12.1 Å². The van der Waals surface area contributed by atoms with Gasteiger partial charge in [0.2, 0.25) is 11.8 Å². The second kappa shape index (κ2) is 8.52. The molecule has 3 amide bonds. The van der Waals surface area contributed by atoms with Crippen LogP contribution in [0.2, 0.25) is 0 Å². The molecule has 2 aliphatic rings. The molecule has 2 heterocycles. The van der Waals surface area contributed by atoms with E-state index in [1.807, 2.05) is 44.2 Å². The van der Waals surface area contributed by atoms with Gasteiger partial charge >= 0.3 is 0 Å². The van der Waals surface area contributed by atoms with E-state index in [-0.39, 0.29) is 36.9 Å². The van der Waals surface area contributed by atoms with Crippen LogP contribution in [0.15, 0.2) is 30.3 Å². The van der Waals surface area contributed by atoms with E-state index in [4.69, 9.17) is 4.74 Å². The van der Waals surface area contributed by atoms with Gasteiger partial charge in [0.1, 0.15) is 6.61 Å². The van der Waals surface area contributed by atoms with Crippen LogP contribution in [-0.4, -0.2) is 65.9 Å². The summed E-state index contributed by atoms with van der Waals surface area (Å²) in [6, 6.07) is 8.81. The van der Waals surface area contributed by atoms with E-state index in [0.717, 1.165) is 31.5 Å². The van der Waals surface area contributed by atoms with Gasteiger partial charge in [0.25, 0.3) is 5.91 Å². The molecule has 1 aromatic rings. The zero-order valence-electron chi connectivity index (χ0n) is 15.9. The largest absolute Gasteiger partial charge is 0.356 e. The maximum absolute atomic E-state index is 12.8. The number of hydrogen-bond acceptors (Lipinski definition) is 4. The predicted octanol–water partition coefficient (Wildman–Crippen LogP) is 1.10. The minimum absolute atomic E-state index is 0.0458. The SMILES string of the molecule is CC(C)N1C(=O)CO[C@H](C(=O)NCC(=O)N2CCCC2)[C@H]1c1ccccc1. The van der Waals surface area contributed by atoms with Crippen LogP contribution in [0.5, 0.6) is 0 Å². The summed E-state index contributed by atoms with van der Waals surface area (Å²) in [5.41, 5.74) is 0.838. The number of ether oxygens (including phenoxy) is 1. The van der Waals surface area contributed by atoms with Gasteiger partial charge in [-0.3, -0.25) is 14.4 Å². The number of hydrogen-bond donors (Lipinski definition) is 1. The highest BCUT2D eigenvalue weighted by molar-refractivity contribution is 5.89. The minimum atomic E-state index is -0.848. The van der Waals surface area contributed by atoms with Crippen LogP contribution in [0, 0.1) is 0 Å². The number of nitrogens with zero attached hydrogens (tertiary/aromatic N) is 2.